The Morgan fingerprint density at radius 2 is 1.46 bits per heavy atom. The predicted octanol–water partition coefficient (Wildman–Crippen LogP) is -0.229. The zero-order valence-corrected chi connectivity index (χ0v) is 17.0. The van der Waals surface area contributed by atoms with Gasteiger partial charge in [-0.25, -0.2) is 4.79 Å². The fourth-order valence-corrected chi connectivity index (χ4v) is 2.32. The smallest absolute Gasteiger partial charge is 0.407 e. The number of alkyl carbamates (subject to hydrolysis) is 1. The molecule has 0 aliphatic rings. The Morgan fingerprint density at radius 1 is 0.821 bits per heavy atom. The fourth-order valence-electron chi connectivity index (χ4n) is 2.32. The minimum Gasteiger partial charge on any atom is -0.449 e. The van der Waals surface area contributed by atoms with Crippen LogP contribution in [0.2, 0.25) is 0 Å². The number of ether oxygens (including phenoxy) is 1. The van der Waals surface area contributed by atoms with Crippen LogP contribution in [-0.4, -0.2) is 63.8 Å². The molecular weight excluding hydrogens is 362 g/mol. The van der Waals surface area contributed by atoms with Crippen molar-refractivity contribution in [1.29, 1.82) is 0 Å². The van der Waals surface area contributed by atoms with E-state index in [1.165, 1.54) is 0 Å². The van der Waals surface area contributed by atoms with Crippen LogP contribution in [0.4, 0.5) is 4.79 Å². The van der Waals surface area contributed by atoms with Crippen molar-refractivity contribution in [2.45, 2.75) is 51.4 Å². The second-order valence-corrected chi connectivity index (χ2v) is 6.48. The zero-order chi connectivity index (χ0) is 20.9. The van der Waals surface area contributed by atoms with E-state index in [1.807, 2.05) is 0 Å². The molecular formula is C18H39N7O3. The first-order valence-corrected chi connectivity index (χ1v) is 10.2. The summed E-state index contributed by atoms with van der Waals surface area (Å²) in [6, 6.07) is 0. The van der Waals surface area contributed by atoms with Crippen LogP contribution >= 0.6 is 0 Å². The summed E-state index contributed by atoms with van der Waals surface area (Å²) in [7, 11) is 0. The lowest BCUT2D eigenvalue weighted by molar-refractivity contribution is -0.121. The molecule has 9 N–H and O–H groups in total. The van der Waals surface area contributed by atoms with Gasteiger partial charge in [0, 0.05) is 19.6 Å². The van der Waals surface area contributed by atoms with E-state index in [1.54, 1.807) is 0 Å². The largest absolute Gasteiger partial charge is 0.449 e. The summed E-state index contributed by atoms with van der Waals surface area (Å²) < 4.78 is 4.99. The molecule has 0 spiro atoms. The fraction of sp³-hybridized carbons (Fsp3) is 0.833. The van der Waals surface area contributed by atoms with Crippen LogP contribution < -0.4 is 33.2 Å². The highest BCUT2D eigenvalue weighted by molar-refractivity contribution is 5.76. The maximum absolute atomic E-state index is 11.7. The molecule has 0 aliphatic heterocycles. The van der Waals surface area contributed by atoms with E-state index in [0.717, 1.165) is 58.0 Å². The summed E-state index contributed by atoms with van der Waals surface area (Å²) in [5.74, 6) is 0.00591. The number of hydrogen-bond acceptors (Lipinski definition) is 6. The van der Waals surface area contributed by atoms with E-state index in [0.29, 0.717) is 26.2 Å². The highest BCUT2D eigenvalue weighted by Gasteiger charge is 2.04. The van der Waals surface area contributed by atoms with Crippen molar-refractivity contribution in [2.24, 2.45) is 22.2 Å². The van der Waals surface area contributed by atoms with Gasteiger partial charge in [0.05, 0.1) is 6.42 Å². The first kappa shape index (κ1) is 25.9. The van der Waals surface area contributed by atoms with E-state index < -0.39 is 6.09 Å². The molecule has 0 aromatic carbocycles. The number of carbonyl (C=O) groups is 2. The van der Waals surface area contributed by atoms with E-state index in [9.17, 15) is 9.59 Å². The molecule has 0 aromatic heterocycles. The van der Waals surface area contributed by atoms with Crippen LogP contribution in [0.15, 0.2) is 4.99 Å². The monoisotopic (exact) mass is 401 g/mol. The minimum atomic E-state index is -0.482. The number of amides is 2. The molecule has 0 atom stereocenters. The predicted molar refractivity (Wildman–Crippen MR) is 112 cm³/mol. The number of unbranched alkanes of at least 4 members (excludes halogenated alkanes) is 4. The Morgan fingerprint density at radius 3 is 2.21 bits per heavy atom. The lowest BCUT2D eigenvalue weighted by atomic mass is 10.2. The van der Waals surface area contributed by atoms with Crippen molar-refractivity contribution in [3.63, 3.8) is 0 Å². The highest BCUT2D eigenvalue weighted by Crippen LogP contribution is 1.99. The summed E-state index contributed by atoms with van der Waals surface area (Å²) in [5.41, 5.74) is 15.9. The van der Waals surface area contributed by atoms with Gasteiger partial charge >= 0.3 is 6.09 Å². The molecule has 0 unspecified atom stereocenters. The molecule has 10 heteroatoms. The molecule has 0 fully saturated rings. The second kappa shape index (κ2) is 19.7. The van der Waals surface area contributed by atoms with Crippen molar-refractivity contribution in [3.05, 3.63) is 0 Å². The van der Waals surface area contributed by atoms with Crippen LogP contribution in [0.25, 0.3) is 0 Å². The summed E-state index contributed by atoms with van der Waals surface area (Å²) in [6.45, 7) is 4.43. The number of hydrogen-bond donors (Lipinski definition) is 6. The first-order valence-electron chi connectivity index (χ1n) is 10.2. The molecule has 164 valence electrons. The molecule has 0 aliphatic carbocycles. The number of guanidine groups is 1. The molecule has 28 heavy (non-hydrogen) atoms. The summed E-state index contributed by atoms with van der Waals surface area (Å²) >= 11 is 0. The maximum Gasteiger partial charge on any atom is 0.407 e. The highest BCUT2D eigenvalue weighted by atomic mass is 16.5. The van der Waals surface area contributed by atoms with Crippen LogP contribution in [0.3, 0.4) is 0 Å². The van der Waals surface area contributed by atoms with Crippen molar-refractivity contribution in [1.82, 2.24) is 16.0 Å². The number of rotatable bonds is 18. The molecule has 0 saturated carbocycles. The molecule has 0 saturated heterocycles. The van der Waals surface area contributed by atoms with Crippen molar-refractivity contribution >= 4 is 18.0 Å². The Hall–Kier alpha value is -2.07. The number of nitrogens with one attached hydrogen (secondary N) is 3. The van der Waals surface area contributed by atoms with Crippen LogP contribution in [0.5, 0.6) is 0 Å². The van der Waals surface area contributed by atoms with E-state index in [-0.39, 0.29) is 24.9 Å². The molecule has 0 aromatic rings. The van der Waals surface area contributed by atoms with Gasteiger partial charge < -0.3 is 37.9 Å². The summed E-state index contributed by atoms with van der Waals surface area (Å²) in [4.78, 5) is 27.1. The Bertz CT molecular complexity index is 429. The third-order valence-corrected chi connectivity index (χ3v) is 3.87. The van der Waals surface area contributed by atoms with Gasteiger partial charge in [-0.15, -0.1) is 0 Å². The van der Waals surface area contributed by atoms with Gasteiger partial charge in [0.2, 0.25) is 5.91 Å². The average molecular weight is 402 g/mol. The summed E-state index contributed by atoms with van der Waals surface area (Å²) in [5, 5.41) is 8.77. The van der Waals surface area contributed by atoms with Gasteiger partial charge in [-0.2, -0.15) is 0 Å². The Kier molecular flexibility index (Phi) is 18.2. The number of aliphatic imine (C=N–C) groups is 1. The quantitative estimate of drug-likeness (QED) is 0.105. The van der Waals surface area contributed by atoms with Crippen LogP contribution in [0, 0.1) is 0 Å². The van der Waals surface area contributed by atoms with Gasteiger partial charge in [-0.1, -0.05) is 12.8 Å². The van der Waals surface area contributed by atoms with Crippen LogP contribution in [-0.2, 0) is 9.53 Å². The number of nitrogens with zero attached hydrogens (tertiary/aromatic N) is 1. The normalized spacial score (nSPS) is 10.3. The van der Waals surface area contributed by atoms with Gasteiger partial charge in [0.25, 0.3) is 0 Å². The van der Waals surface area contributed by atoms with Crippen molar-refractivity contribution in [2.75, 3.05) is 45.9 Å². The van der Waals surface area contributed by atoms with Gasteiger partial charge in [-0.3, -0.25) is 9.79 Å². The minimum absolute atomic E-state index is 0.0802. The number of nitrogens with two attached hydrogens (primary N) is 3. The lowest BCUT2D eigenvalue weighted by Gasteiger charge is -2.08. The molecule has 0 heterocycles. The standard InChI is InChI=1S/C18H39N7O3/c19-9-7-11-22-10-5-6-14-25-18(27)28-15-8-16(26)23-12-3-1-2-4-13-24-17(20)21/h22H,1-15,19H2,(H,23,26)(H,25,27)(H4,20,21,24). The molecule has 0 radical (unpaired) electrons. The first-order chi connectivity index (χ1) is 13.6. The van der Waals surface area contributed by atoms with Crippen LogP contribution in [0.1, 0.15) is 51.4 Å². The van der Waals surface area contributed by atoms with E-state index in [2.05, 4.69) is 20.9 Å². The average Bonchev–Trinajstić information content (AvgIpc) is 2.65. The topological polar surface area (TPSA) is 170 Å². The molecule has 10 nitrogen and oxygen atoms in total. The maximum atomic E-state index is 11.7. The Balaban J connectivity index is 3.36. The van der Waals surface area contributed by atoms with Gasteiger partial charge in [0.1, 0.15) is 6.61 Å². The SMILES string of the molecule is NCCCNCCCCNC(=O)OCCC(=O)NCCCCCCN=C(N)N. The van der Waals surface area contributed by atoms with Gasteiger partial charge in [-0.05, 0) is 51.7 Å². The third-order valence-electron chi connectivity index (χ3n) is 3.87. The molecule has 0 rings (SSSR count). The molecule has 0 bridgehead atoms. The summed E-state index contributed by atoms with van der Waals surface area (Å²) in [6.07, 6.45) is 6.35. The number of carbonyl (C=O) groups excluding carboxylic acids is 2. The van der Waals surface area contributed by atoms with Crippen molar-refractivity contribution in [3.8, 4) is 0 Å². The zero-order valence-electron chi connectivity index (χ0n) is 17.0. The molecule has 2 amide bonds. The van der Waals surface area contributed by atoms with Crippen molar-refractivity contribution < 1.29 is 14.3 Å². The third kappa shape index (κ3) is 20.2. The van der Waals surface area contributed by atoms with E-state index >= 15 is 0 Å². The second-order valence-electron chi connectivity index (χ2n) is 6.48. The van der Waals surface area contributed by atoms with Gasteiger partial charge in [0.15, 0.2) is 5.96 Å². The Labute approximate surface area is 168 Å². The lowest BCUT2D eigenvalue weighted by Crippen LogP contribution is -2.29. The van der Waals surface area contributed by atoms with E-state index in [4.69, 9.17) is 21.9 Å².